The van der Waals surface area contributed by atoms with Crippen LogP contribution in [0.1, 0.15) is 31.7 Å². The van der Waals surface area contributed by atoms with Crippen LogP contribution in [0.2, 0.25) is 0 Å². The van der Waals surface area contributed by atoms with Gasteiger partial charge in [-0.15, -0.1) is 0 Å². The molecule has 174 valence electrons. The number of amides is 1. The maximum Gasteiger partial charge on any atom is 0.416 e. The first-order chi connectivity index (χ1) is 15.1. The predicted octanol–water partition coefficient (Wildman–Crippen LogP) is 4.53. The van der Waals surface area contributed by atoms with E-state index in [0.717, 1.165) is 28.9 Å². The van der Waals surface area contributed by atoms with E-state index in [-0.39, 0.29) is 31.8 Å². The summed E-state index contributed by atoms with van der Waals surface area (Å²) in [6.45, 7) is 2.58. The summed E-state index contributed by atoms with van der Waals surface area (Å²) in [5, 5.41) is 2.84. The molecule has 0 atom stereocenters. The highest BCUT2D eigenvalue weighted by atomic mass is 32.2. The zero-order chi connectivity index (χ0) is 23.4. The summed E-state index contributed by atoms with van der Waals surface area (Å²) in [4.78, 5) is 12.3. The van der Waals surface area contributed by atoms with Crippen LogP contribution in [0.4, 0.5) is 18.9 Å². The van der Waals surface area contributed by atoms with Crippen molar-refractivity contribution in [3.63, 3.8) is 0 Å². The molecule has 32 heavy (non-hydrogen) atoms. The van der Waals surface area contributed by atoms with Crippen LogP contribution in [0.3, 0.4) is 0 Å². The number of piperidine rings is 1. The molecule has 1 fully saturated rings. The zero-order valence-electron chi connectivity index (χ0n) is 17.6. The largest absolute Gasteiger partial charge is 0.491 e. The quantitative estimate of drug-likeness (QED) is 0.645. The third kappa shape index (κ3) is 5.60. The lowest BCUT2D eigenvalue weighted by Gasteiger charge is -2.30. The highest BCUT2D eigenvalue weighted by molar-refractivity contribution is 7.89. The van der Waals surface area contributed by atoms with Gasteiger partial charge in [-0.25, -0.2) is 8.42 Å². The Morgan fingerprint density at radius 1 is 1.12 bits per heavy atom. The second-order valence-electron chi connectivity index (χ2n) is 7.54. The summed E-state index contributed by atoms with van der Waals surface area (Å²) in [5.41, 5.74) is -0.471. The van der Waals surface area contributed by atoms with Crippen molar-refractivity contribution < 1.29 is 31.1 Å². The minimum atomic E-state index is -4.63. The van der Waals surface area contributed by atoms with E-state index in [0.29, 0.717) is 24.1 Å². The van der Waals surface area contributed by atoms with Crippen LogP contribution in [0.25, 0.3) is 0 Å². The maximum atomic E-state index is 13.0. The highest BCUT2D eigenvalue weighted by Gasteiger charge is 2.35. The first-order valence-corrected chi connectivity index (χ1v) is 11.8. The zero-order valence-corrected chi connectivity index (χ0v) is 18.4. The van der Waals surface area contributed by atoms with Gasteiger partial charge in [-0.2, -0.15) is 17.5 Å². The molecule has 1 N–H and O–H groups in total. The molecule has 1 heterocycles. The Labute approximate surface area is 185 Å². The Balaban J connectivity index is 1.64. The van der Waals surface area contributed by atoms with Crippen molar-refractivity contribution in [3.8, 4) is 5.75 Å². The number of carbonyl (C=O) groups excluding carboxylic acids is 1. The van der Waals surface area contributed by atoms with Gasteiger partial charge >= 0.3 is 6.18 Å². The minimum absolute atomic E-state index is 0.0463. The fourth-order valence-corrected chi connectivity index (χ4v) is 5.00. The summed E-state index contributed by atoms with van der Waals surface area (Å²) < 4.78 is 71.3. The first-order valence-electron chi connectivity index (χ1n) is 10.3. The Morgan fingerprint density at radius 2 is 1.81 bits per heavy atom. The third-order valence-corrected chi connectivity index (χ3v) is 7.13. The van der Waals surface area contributed by atoms with Crippen molar-refractivity contribution >= 4 is 21.6 Å². The summed E-state index contributed by atoms with van der Waals surface area (Å²) in [6, 6.07) is 10.8. The number of para-hydroxylation sites is 2. The van der Waals surface area contributed by atoms with Crippen molar-refractivity contribution in [2.45, 2.75) is 37.3 Å². The lowest BCUT2D eigenvalue weighted by atomic mass is 9.97. The van der Waals surface area contributed by atoms with E-state index in [1.807, 2.05) is 6.92 Å². The van der Waals surface area contributed by atoms with Gasteiger partial charge in [0.25, 0.3) is 0 Å². The molecule has 6 nitrogen and oxygen atoms in total. The average Bonchev–Trinajstić information content (AvgIpc) is 2.78. The average molecular weight is 471 g/mol. The maximum absolute atomic E-state index is 13.0. The van der Waals surface area contributed by atoms with Crippen molar-refractivity contribution in [1.82, 2.24) is 4.31 Å². The standard InChI is InChI=1S/C22H25F3N2O4S/c1-2-14-31-20-9-4-3-8-19(20)26-21(28)16-10-12-27(13-11-16)32(29,30)18-7-5-6-17(15-18)22(23,24)25/h3-9,15-16H,2,10-14H2,1H3,(H,26,28). The van der Waals surface area contributed by atoms with Gasteiger partial charge in [0.05, 0.1) is 22.8 Å². The van der Waals surface area contributed by atoms with Gasteiger partial charge in [0, 0.05) is 19.0 Å². The molecule has 1 aliphatic heterocycles. The molecule has 3 rings (SSSR count). The van der Waals surface area contributed by atoms with Crippen molar-refractivity contribution in [2.75, 3.05) is 25.0 Å². The lowest BCUT2D eigenvalue weighted by Crippen LogP contribution is -2.41. The highest BCUT2D eigenvalue weighted by Crippen LogP contribution is 2.32. The number of nitrogens with one attached hydrogen (secondary N) is 1. The Hall–Kier alpha value is -2.59. The van der Waals surface area contributed by atoms with Gasteiger partial charge in [-0.3, -0.25) is 4.79 Å². The lowest BCUT2D eigenvalue weighted by molar-refractivity contribution is -0.137. The van der Waals surface area contributed by atoms with Gasteiger partial charge in [0.1, 0.15) is 5.75 Å². The topological polar surface area (TPSA) is 75.7 Å². The molecule has 0 aromatic heterocycles. The van der Waals surface area contributed by atoms with Gasteiger partial charge in [-0.05, 0) is 49.6 Å². The second-order valence-corrected chi connectivity index (χ2v) is 9.48. The van der Waals surface area contributed by atoms with Crippen LogP contribution in [0.5, 0.6) is 5.75 Å². The molecule has 0 saturated carbocycles. The van der Waals surface area contributed by atoms with Gasteiger partial charge in [-0.1, -0.05) is 25.1 Å². The molecule has 0 spiro atoms. The summed E-state index contributed by atoms with van der Waals surface area (Å²) in [5.74, 6) is -0.0943. The van der Waals surface area contributed by atoms with E-state index in [4.69, 9.17) is 4.74 Å². The number of halogens is 3. The number of rotatable bonds is 7. The molecule has 10 heteroatoms. The predicted molar refractivity (Wildman–Crippen MR) is 114 cm³/mol. The molecule has 0 radical (unpaired) electrons. The van der Waals surface area contributed by atoms with Crippen LogP contribution in [0, 0.1) is 5.92 Å². The second kappa shape index (κ2) is 9.91. The number of ether oxygens (including phenoxy) is 1. The molecule has 1 amide bonds. The number of benzene rings is 2. The van der Waals surface area contributed by atoms with Crippen molar-refractivity contribution in [1.29, 1.82) is 0 Å². The number of anilines is 1. The number of alkyl halides is 3. The number of nitrogens with zero attached hydrogens (tertiary/aromatic N) is 1. The van der Waals surface area contributed by atoms with Crippen LogP contribution >= 0.6 is 0 Å². The van der Waals surface area contributed by atoms with Gasteiger partial charge in [0.2, 0.25) is 15.9 Å². The Kier molecular flexibility index (Phi) is 7.45. The normalized spacial score (nSPS) is 16.0. The van der Waals surface area contributed by atoms with Gasteiger partial charge < -0.3 is 10.1 Å². The van der Waals surface area contributed by atoms with Gasteiger partial charge in [0.15, 0.2) is 0 Å². The fraction of sp³-hybridized carbons (Fsp3) is 0.409. The van der Waals surface area contributed by atoms with E-state index >= 15 is 0 Å². The summed E-state index contributed by atoms with van der Waals surface area (Å²) in [6.07, 6.45) is -3.28. The van der Waals surface area contributed by atoms with E-state index < -0.39 is 32.6 Å². The van der Waals surface area contributed by atoms with Crippen LogP contribution in [0.15, 0.2) is 53.4 Å². The Morgan fingerprint density at radius 3 is 2.47 bits per heavy atom. The molecule has 2 aromatic rings. The SMILES string of the molecule is CCCOc1ccccc1NC(=O)C1CCN(S(=O)(=O)c2cccc(C(F)(F)F)c2)CC1. The molecule has 0 unspecified atom stereocenters. The molecule has 1 aliphatic rings. The molecule has 0 aliphatic carbocycles. The van der Waals surface area contributed by atoms with Crippen LogP contribution in [-0.4, -0.2) is 38.3 Å². The molecular formula is C22H25F3N2O4S. The molecule has 0 bridgehead atoms. The smallest absolute Gasteiger partial charge is 0.416 e. The number of hydrogen-bond donors (Lipinski definition) is 1. The van der Waals surface area contributed by atoms with Crippen LogP contribution in [-0.2, 0) is 21.0 Å². The van der Waals surface area contributed by atoms with E-state index in [2.05, 4.69) is 5.32 Å². The monoisotopic (exact) mass is 470 g/mol. The van der Waals surface area contributed by atoms with E-state index in [1.165, 1.54) is 0 Å². The molecule has 1 saturated heterocycles. The fourth-order valence-electron chi connectivity index (χ4n) is 3.48. The first kappa shape index (κ1) is 24.1. The number of sulfonamides is 1. The van der Waals surface area contributed by atoms with Crippen LogP contribution < -0.4 is 10.1 Å². The summed E-state index contributed by atoms with van der Waals surface area (Å²) >= 11 is 0. The minimum Gasteiger partial charge on any atom is -0.491 e. The number of carbonyl (C=O) groups is 1. The Bertz CT molecular complexity index is 1050. The van der Waals surface area contributed by atoms with E-state index in [1.54, 1.807) is 24.3 Å². The molecule has 2 aromatic carbocycles. The summed E-state index contributed by atoms with van der Waals surface area (Å²) in [7, 11) is -4.09. The van der Waals surface area contributed by atoms with E-state index in [9.17, 15) is 26.4 Å². The molecular weight excluding hydrogens is 445 g/mol. The van der Waals surface area contributed by atoms with Crippen molar-refractivity contribution in [2.24, 2.45) is 5.92 Å². The van der Waals surface area contributed by atoms with Crippen molar-refractivity contribution in [3.05, 3.63) is 54.1 Å². The third-order valence-electron chi connectivity index (χ3n) is 5.23. The number of hydrogen-bond acceptors (Lipinski definition) is 4.